The molecule has 0 unspecified atom stereocenters. The molecule has 2 aromatic carbocycles. The third-order valence-corrected chi connectivity index (χ3v) is 4.53. The highest BCUT2D eigenvalue weighted by atomic mass is 35.5. The van der Waals surface area contributed by atoms with Crippen LogP contribution in [0.1, 0.15) is 0 Å². The number of anilines is 1. The van der Waals surface area contributed by atoms with E-state index < -0.39 is 5.76 Å². The van der Waals surface area contributed by atoms with Crippen LogP contribution in [0.25, 0.3) is 0 Å². The van der Waals surface area contributed by atoms with Crippen molar-refractivity contribution in [2.45, 2.75) is 15.5 Å². The zero-order valence-corrected chi connectivity index (χ0v) is 13.7. The number of hydrogen-bond donors (Lipinski definition) is 1. The van der Waals surface area contributed by atoms with Crippen molar-refractivity contribution in [3.8, 4) is 0 Å². The molecule has 0 saturated heterocycles. The molecule has 2 nitrogen and oxygen atoms in total. The Balaban J connectivity index is 1.82. The molecule has 22 heavy (non-hydrogen) atoms. The molecule has 0 fully saturated rings. The molecule has 0 aromatic heterocycles. The maximum Gasteiger partial charge on any atom is 0.288 e. The first-order valence-electron chi connectivity index (χ1n) is 6.26. The quantitative estimate of drug-likeness (QED) is 0.701. The average Bonchev–Trinajstić information content (AvgIpc) is 2.48. The highest BCUT2D eigenvalue weighted by Gasteiger charge is 2.07. The topological polar surface area (TPSA) is 29.1 Å². The SMILES string of the molecule is O=C(CSc1ccc(Cl)cc1)Nc1ccc(SC(F)F)cc1. The van der Waals surface area contributed by atoms with E-state index in [-0.39, 0.29) is 11.7 Å². The Labute approximate surface area is 140 Å². The van der Waals surface area contributed by atoms with E-state index in [1.807, 2.05) is 12.1 Å². The van der Waals surface area contributed by atoms with Crippen LogP contribution in [0, 0.1) is 0 Å². The van der Waals surface area contributed by atoms with Gasteiger partial charge in [-0.3, -0.25) is 4.79 Å². The van der Waals surface area contributed by atoms with Gasteiger partial charge in [0, 0.05) is 20.5 Å². The van der Waals surface area contributed by atoms with E-state index in [1.165, 1.54) is 11.8 Å². The Hall–Kier alpha value is -1.24. The molecule has 7 heteroatoms. The van der Waals surface area contributed by atoms with E-state index in [4.69, 9.17) is 11.6 Å². The summed E-state index contributed by atoms with van der Waals surface area (Å²) in [6.45, 7) is 0. The van der Waals surface area contributed by atoms with E-state index in [1.54, 1.807) is 36.4 Å². The monoisotopic (exact) mass is 359 g/mol. The van der Waals surface area contributed by atoms with Crippen LogP contribution in [0.15, 0.2) is 58.3 Å². The van der Waals surface area contributed by atoms with Crippen LogP contribution < -0.4 is 5.32 Å². The molecular weight excluding hydrogens is 348 g/mol. The van der Waals surface area contributed by atoms with Crippen molar-refractivity contribution in [2.75, 3.05) is 11.1 Å². The molecule has 2 aromatic rings. The maximum absolute atomic E-state index is 12.2. The number of hydrogen-bond acceptors (Lipinski definition) is 3. The minimum Gasteiger partial charge on any atom is -0.325 e. The van der Waals surface area contributed by atoms with Gasteiger partial charge in [-0.2, -0.15) is 8.78 Å². The van der Waals surface area contributed by atoms with Crippen molar-refractivity contribution in [3.63, 3.8) is 0 Å². The van der Waals surface area contributed by atoms with Gasteiger partial charge < -0.3 is 5.32 Å². The Morgan fingerprint density at radius 1 is 1.05 bits per heavy atom. The van der Waals surface area contributed by atoms with Gasteiger partial charge in [-0.05, 0) is 48.5 Å². The molecule has 116 valence electrons. The second-order valence-corrected chi connectivity index (χ2v) is 6.74. The molecule has 1 N–H and O–H groups in total. The zero-order chi connectivity index (χ0) is 15.9. The van der Waals surface area contributed by atoms with Gasteiger partial charge in [0.25, 0.3) is 5.76 Å². The minimum absolute atomic E-state index is 0.158. The molecular formula is C15H12ClF2NOS2. The summed E-state index contributed by atoms with van der Waals surface area (Å²) in [5.74, 6) is -2.35. The van der Waals surface area contributed by atoms with Crippen LogP contribution in [0.5, 0.6) is 0 Å². The summed E-state index contributed by atoms with van der Waals surface area (Å²) < 4.78 is 24.4. The molecule has 0 bridgehead atoms. The summed E-state index contributed by atoms with van der Waals surface area (Å²) >= 11 is 7.66. The average molecular weight is 360 g/mol. The lowest BCUT2D eigenvalue weighted by Gasteiger charge is -2.06. The van der Waals surface area contributed by atoms with Crippen LogP contribution in [0.3, 0.4) is 0 Å². The fourth-order valence-corrected chi connectivity index (χ4v) is 2.92. The van der Waals surface area contributed by atoms with Crippen LogP contribution in [-0.2, 0) is 4.79 Å². The predicted molar refractivity (Wildman–Crippen MR) is 89.1 cm³/mol. The number of rotatable bonds is 6. The Kier molecular flexibility index (Phi) is 6.54. The van der Waals surface area contributed by atoms with E-state index in [2.05, 4.69) is 5.32 Å². The molecule has 0 aliphatic heterocycles. The van der Waals surface area contributed by atoms with E-state index in [0.717, 1.165) is 4.90 Å². The number of benzene rings is 2. The molecule has 0 heterocycles. The first-order chi connectivity index (χ1) is 10.5. The van der Waals surface area contributed by atoms with Crippen LogP contribution in [0.2, 0.25) is 5.02 Å². The third-order valence-electron chi connectivity index (χ3n) is 2.55. The molecule has 0 radical (unpaired) electrons. The number of carbonyl (C=O) groups excluding carboxylic acids is 1. The summed E-state index contributed by atoms with van der Waals surface area (Å²) in [5.41, 5.74) is 0.584. The van der Waals surface area contributed by atoms with Crippen molar-refractivity contribution in [2.24, 2.45) is 0 Å². The van der Waals surface area contributed by atoms with E-state index >= 15 is 0 Å². The summed E-state index contributed by atoms with van der Waals surface area (Å²) in [4.78, 5) is 13.2. The maximum atomic E-state index is 12.2. The lowest BCUT2D eigenvalue weighted by molar-refractivity contribution is -0.113. The Bertz CT molecular complexity index is 620. The molecule has 0 aliphatic rings. The van der Waals surface area contributed by atoms with Gasteiger partial charge in [0.2, 0.25) is 5.91 Å². The summed E-state index contributed by atoms with van der Waals surface area (Å²) in [6.07, 6.45) is 0. The van der Waals surface area contributed by atoms with Crippen molar-refractivity contribution in [3.05, 3.63) is 53.6 Å². The highest BCUT2D eigenvalue weighted by molar-refractivity contribution is 8.00. The lowest BCUT2D eigenvalue weighted by Crippen LogP contribution is -2.13. The van der Waals surface area contributed by atoms with Crippen LogP contribution in [-0.4, -0.2) is 17.4 Å². The van der Waals surface area contributed by atoms with Crippen molar-refractivity contribution < 1.29 is 13.6 Å². The number of nitrogens with one attached hydrogen (secondary N) is 1. The highest BCUT2D eigenvalue weighted by Crippen LogP contribution is 2.26. The second-order valence-electron chi connectivity index (χ2n) is 4.19. The normalized spacial score (nSPS) is 10.7. The smallest absolute Gasteiger partial charge is 0.288 e. The summed E-state index contributed by atoms with van der Waals surface area (Å²) in [5, 5.41) is 3.37. The minimum atomic E-state index is -2.45. The number of amides is 1. The number of halogens is 3. The molecule has 2 rings (SSSR count). The van der Waals surface area contributed by atoms with Crippen LogP contribution >= 0.6 is 35.1 Å². The van der Waals surface area contributed by atoms with Crippen molar-refractivity contribution in [1.29, 1.82) is 0 Å². The van der Waals surface area contributed by atoms with Crippen molar-refractivity contribution >= 4 is 46.7 Å². The molecule has 0 saturated carbocycles. The van der Waals surface area contributed by atoms with Crippen molar-refractivity contribution in [1.82, 2.24) is 0 Å². The molecule has 1 amide bonds. The van der Waals surface area contributed by atoms with Gasteiger partial charge in [0.05, 0.1) is 5.75 Å². The molecule has 0 aliphatic carbocycles. The van der Waals surface area contributed by atoms with Gasteiger partial charge in [-0.1, -0.05) is 23.4 Å². The molecule has 0 atom stereocenters. The Morgan fingerprint density at radius 2 is 1.64 bits per heavy atom. The first-order valence-corrected chi connectivity index (χ1v) is 8.50. The van der Waals surface area contributed by atoms with Gasteiger partial charge in [-0.25, -0.2) is 0 Å². The van der Waals surface area contributed by atoms with E-state index in [0.29, 0.717) is 27.4 Å². The fourth-order valence-electron chi connectivity index (χ4n) is 1.60. The summed E-state index contributed by atoms with van der Waals surface area (Å²) in [6, 6.07) is 13.5. The largest absolute Gasteiger partial charge is 0.325 e. The number of carbonyl (C=O) groups is 1. The van der Waals surface area contributed by atoms with Crippen LogP contribution in [0.4, 0.5) is 14.5 Å². The van der Waals surface area contributed by atoms with Gasteiger partial charge in [0.15, 0.2) is 0 Å². The molecule has 0 spiro atoms. The lowest BCUT2D eigenvalue weighted by atomic mass is 10.3. The zero-order valence-electron chi connectivity index (χ0n) is 11.3. The van der Waals surface area contributed by atoms with Gasteiger partial charge in [-0.15, -0.1) is 11.8 Å². The van der Waals surface area contributed by atoms with Gasteiger partial charge >= 0.3 is 0 Å². The first kappa shape index (κ1) is 17.1. The van der Waals surface area contributed by atoms with Gasteiger partial charge in [0.1, 0.15) is 0 Å². The fraction of sp³-hybridized carbons (Fsp3) is 0.133. The number of alkyl halides is 2. The second kappa shape index (κ2) is 8.41. The Morgan fingerprint density at radius 3 is 2.23 bits per heavy atom. The van der Waals surface area contributed by atoms with E-state index in [9.17, 15) is 13.6 Å². The standard InChI is InChI=1S/C15H12ClF2NOS2/c16-10-1-5-12(6-2-10)21-9-14(20)19-11-3-7-13(8-4-11)22-15(17)18/h1-8,15H,9H2,(H,19,20). The summed E-state index contributed by atoms with van der Waals surface area (Å²) in [7, 11) is 0. The number of thioether (sulfide) groups is 2. The third kappa shape index (κ3) is 5.87. The predicted octanol–water partition coefficient (Wildman–Crippen LogP) is 5.39.